The molecular formula is C17H22F3N5O3S. The molecule has 29 heavy (non-hydrogen) atoms. The molecule has 2 heterocycles. The van der Waals surface area contributed by atoms with Gasteiger partial charge >= 0.3 is 12.2 Å². The van der Waals surface area contributed by atoms with E-state index in [1.807, 2.05) is 0 Å². The van der Waals surface area contributed by atoms with Crippen molar-refractivity contribution in [1.82, 2.24) is 19.8 Å². The molecule has 1 saturated carbocycles. The normalized spacial score (nSPS) is 20.6. The van der Waals surface area contributed by atoms with Crippen LogP contribution < -0.4 is 10.0 Å². The fourth-order valence-electron chi connectivity index (χ4n) is 3.13. The summed E-state index contributed by atoms with van der Waals surface area (Å²) >= 11 is 0. The number of nitrogens with one attached hydrogen (secondary N) is 2. The summed E-state index contributed by atoms with van der Waals surface area (Å²) in [5.41, 5.74) is -0.664. The van der Waals surface area contributed by atoms with Crippen LogP contribution in [0.4, 0.5) is 19.2 Å². The van der Waals surface area contributed by atoms with E-state index in [1.54, 1.807) is 6.92 Å². The summed E-state index contributed by atoms with van der Waals surface area (Å²) in [6.45, 7) is 2.04. The molecule has 0 unspecified atom stereocenters. The predicted octanol–water partition coefficient (Wildman–Crippen LogP) is 3.06. The van der Waals surface area contributed by atoms with Crippen LogP contribution in [0.3, 0.4) is 0 Å². The average molecular weight is 433 g/mol. The largest absolute Gasteiger partial charge is 0.433 e. The fraction of sp³-hybridized carbons (Fsp3) is 0.588. The van der Waals surface area contributed by atoms with E-state index >= 15 is 0 Å². The molecular weight excluding hydrogens is 411 g/mol. The Morgan fingerprint density at radius 2 is 1.93 bits per heavy atom. The second kappa shape index (κ2) is 8.66. The zero-order valence-corrected chi connectivity index (χ0v) is 16.6. The first-order valence-corrected chi connectivity index (χ1v) is 10.9. The number of nitrogens with zero attached hydrogens (tertiary/aromatic N) is 3. The molecule has 12 heteroatoms. The molecule has 0 amide bonds. The summed E-state index contributed by atoms with van der Waals surface area (Å²) in [5.74, 6) is 0.500. The first-order valence-electron chi connectivity index (χ1n) is 9.27. The lowest BCUT2D eigenvalue weighted by Crippen LogP contribution is -2.34. The van der Waals surface area contributed by atoms with Gasteiger partial charge in [-0.3, -0.25) is 4.98 Å². The van der Waals surface area contributed by atoms with Crippen molar-refractivity contribution in [3.63, 3.8) is 0 Å². The minimum Gasteiger partial charge on any atom is -0.335 e. The van der Waals surface area contributed by atoms with Crippen molar-refractivity contribution in [3.8, 4) is 11.4 Å². The number of hydrogen-bond acceptors (Lipinski definition) is 7. The highest BCUT2D eigenvalue weighted by atomic mass is 32.2. The molecule has 2 N–H and O–H groups in total. The molecule has 1 fully saturated rings. The minimum absolute atomic E-state index is 0.0673. The zero-order valence-electron chi connectivity index (χ0n) is 15.7. The summed E-state index contributed by atoms with van der Waals surface area (Å²) in [6.07, 6.45) is -0.102. The maximum atomic E-state index is 12.6. The molecule has 0 saturated heterocycles. The van der Waals surface area contributed by atoms with Crippen LogP contribution in [-0.2, 0) is 16.2 Å². The third kappa shape index (κ3) is 5.89. The summed E-state index contributed by atoms with van der Waals surface area (Å²) in [6, 6.07) is 2.41. The Morgan fingerprint density at radius 3 is 2.52 bits per heavy atom. The van der Waals surface area contributed by atoms with E-state index < -0.39 is 21.9 Å². The second-order valence-corrected chi connectivity index (χ2v) is 9.06. The maximum Gasteiger partial charge on any atom is 0.433 e. The molecule has 2 aromatic rings. The van der Waals surface area contributed by atoms with E-state index in [2.05, 4.69) is 25.2 Å². The quantitative estimate of drug-likeness (QED) is 0.690. The lowest BCUT2D eigenvalue weighted by molar-refractivity contribution is -0.141. The highest BCUT2D eigenvalue weighted by Crippen LogP contribution is 2.29. The Kier molecular flexibility index (Phi) is 6.42. The Bertz CT molecular complexity index is 907. The van der Waals surface area contributed by atoms with Gasteiger partial charge in [-0.15, -0.1) is 0 Å². The first-order chi connectivity index (χ1) is 13.7. The SMILES string of the molecule is CCS(=O)(=O)NCC1CCC(Nc2nc(-c3ccc(C(F)(F)F)nc3)no2)CC1. The van der Waals surface area contributed by atoms with Gasteiger partial charge in [-0.05, 0) is 50.7 Å². The van der Waals surface area contributed by atoms with Crippen LogP contribution in [0, 0.1) is 5.92 Å². The molecule has 0 aliphatic heterocycles. The third-order valence-electron chi connectivity index (χ3n) is 4.88. The van der Waals surface area contributed by atoms with Crippen molar-refractivity contribution in [2.45, 2.75) is 44.8 Å². The number of aromatic nitrogens is 3. The predicted molar refractivity (Wildman–Crippen MR) is 99.4 cm³/mol. The highest BCUT2D eigenvalue weighted by Gasteiger charge is 2.32. The molecule has 0 aromatic carbocycles. The van der Waals surface area contributed by atoms with Crippen LogP contribution in [0.25, 0.3) is 11.4 Å². The Hall–Kier alpha value is -2.21. The van der Waals surface area contributed by atoms with Crippen molar-refractivity contribution < 1.29 is 26.1 Å². The molecule has 8 nitrogen and oxygen atoms in total. The van der Waals surface area contributed by atoms with Gasteiger partial charge in [-0.25, -0.2) is 13.1 Å². The van der Waals surface area contributed by atoms with Gasteiger partial charge < -0.3 is 9.84 Å². The molecule has 0 atom stereocenters. The van der Waals surface area contributed by atoms with Crippen LogP contribution in [-0.4, -0.2) is 41.9 Å². The van der Waals surface area contributed by atoms with Crippen molar-refractivity contribution in [2.75, 3.05) is 17.6 Å². The first kappa shape index (κ1) is 21.5. The van der Waals surface area contributed by atoms with Crippen molar-refractivity contribution in [1.29, 1.82) is 0 Å². The van der Waals surface area contributed by atoms with Gasteiger partial charge in [0.05, 0.1) is 5.75 Å². The molecule has 0 bridgehead atoms. The van der Waals surface area contributed by atoms with Crippen LogP contribution in [0.15, 0.2) is 22.9 Å². The smallest absolute Gasteiger partial charge is 0.335 e. The number of anilines is 1. The van der Waals surface area contributed by atoms with Gasteiger partial charge in [0.2, 0.25) is 15.8 Å². The van der Waals surface area contributed by atoms with Crippen LogP contribution in [0.2, 0.25) is 0 Å². The van der Waals surface area contributed by atoms with E-state index in [-0.39, 0.29) is 29.6 Å². The van der Waals surface area contributed by atoms with Gasteiger partial charge in [-0.2, -0.15) is 18.2 Å². The maximum absolute atomic E-state index is 12.6. The van der Waals surface area contributed by atoms with Crippen LogP contribution in [0.5, 0.6) is 0 Å². The fourth-order valence-corrected chi connectivity index (χ4v) is 3.82. The Morgan fingerprint density at radius 1 is 1.21 bits per heavy atom. The Balaban J connectivity index is 1.51. The van der Waals surface area contributed by atoms with Crippen molar-refractivity contribution in [2.24, 2.45) is 5.92 Å². The van der Waals surface area contributed by atoms with Crippen molar-refractivity contribution in [3.05, 3.63) is 24.0 Å². The topological polar surface area (TPSA) is 110 Å². The summed E-state index contributed by atoms with van der Waals surface area (Å²) < 4.78 is 68.5. The molecule has 160 valence electrons. The minimum atomic E-state index is -4.50. The zero-order chi connectivity index (χ0) is 21.1. The summed E-state index contributed by atoms with van der Waals surface area (Å²) in [4.78, 5) is 7.55. The number of rotatable bonds is 7. The third-order valence-corrected chi connectivity index (χ3v) is 6.25. The van der Waals surface area contributed by atoms with E-state index in [1.165, 1.54) is 6.07 Å². The van der Waals surface area contributed by atoms with Gasteiger partial charge in [0, 0.05) is 24.3 Å². The van der Waals surface area contributed by atoms with Crippen LogP contribution >= 0.6 is 0 Å². The van der Waals surface area contributed by atoms with E-state index in [0.717, 1.165) is 37.9 Å². The molecule has 2 aromatic heterocycles. The lowest BCUT2D eigenvalue weighted by Gasteiger charge is -2.28. The lowest BCUT2D eigenvalue weighted by atomic mass is 9.86. The van der Waals surface area contributed by atoms with Gasteiger partial charge in [-0.1, -0.05) is 5.16 Å². The number of pyridine rings is 1. The van der Waals surface area contributed by atoms with Crippen molar-refractivity contribution >= 4 is 16.0 Å². The number of halogens is 3. The summed E-state index contributed by atoms with van der Waals surface area (Å²) in [5, 5.41) is 6.91. The van der Waals surface area contributed by atoms with E-state index in [4.69, 9.17) is 4.52 Å². The number of alkyl halides is 3. The molecule has 1 aliphatic rings. The highest BCUT2D eigenvalue weighted by molar-refractivity contribution is 7.89. The molecule has 0 spiro atoms. The summed E-state index contributed by atoms with van der Waals surface area (Å²) in [7, 11) is -3.18. The van der Waals surface area contributed by atoms with E-state index in [9.17, 15) is 21.6 Å². The average Bonchev–Trinajstić information content (AvgIpc) is 3.15. The number of hydrogen-bond donors (Lipinski definition) is 2. The van der Waals surface area contributed by atoms with Gasteiger partial charge in [0.1, 0.15) is 5.69 Å². The monoisotopic (exact) mass is 433 g/mol. The second-order valence-electron chi connectivity index (χ2n) is 6.97. The van der Waals surface area contributed by atoms with Gasteiger partial charge in [0.25, 0.3) is 0 Å². The molecule has 1 aliphatic carbocycles. The Labute approximate surface area is 166 Å². The van der Waals surface area contributed by atoms with E-state index in [0.29, 0.717) is 12.1 Å². The number of sulfonamides is 1. The van der Waals surface area contributed by atoms with Gasteiger partial charge in [0.15, 0.2) is 0 Å². The van der Waals surface area contributed by atoms with Crippen LogP contribution in [0.1, 0.15) is 38.3 Å². The molecule has 3 rings (SSSR count). The molecule has 0 radical (unpaired) electrons. The standard InChI is InChI=1S/C17H22F3N5O3S/c1-2-29(26,27)22-9-11-3-6-13(7-4-11)23-16-24-15(25-28-16)12-5-8-14(21-10-12)17(18,19)20/h5,8,10-11,13,22H,2-4,6-7,9H2,1H3,(H,23,24,25).